The molecule has 0 heterocycles. The maximum absolute atomic E-state index is 10.9. The van der Waals surface area contributed by atoms with Crippen LogP contribution in [0.5, 0.6) is 5.75 Å². The van der Waals surface area contributed by atoms with E-state index in [1.165, 1.54) is 7.14 Å². The van der Waals surface area contributed by atoms with Gasteiger partial charge in [0.25, 0.3) is 0 Å². The number of halogens is 1. The molecular formula is C15H10IO2+. The summed E-state index contributed by atoms with van der Waals surface area (Å²) in [5.41, 5.74) is 0. The van der Waals surface area contributed by atoms with Gasteiger partial charge in [-0.3, -0.25) is 0 Å². The fourth-order valence-corrected chi connectivity index (χ4v) is 3.52. The summed E-state index contributed by atoms with van der Waals surface area (Å²) in [4.78, 5) is 10.9. The molecule has 2 nitrogen and oxygen atoms in total. The summed E-state index contributed by atoms with van der Waals surface area (Å²) in [6, 6.07) is 17.8. The van der Waals surface area contributed by atoms with Gasteiger partial charge in [0.05, 0.1) is 0 Å². The number of rotatable bonds is 3. The molecule has 88 valence electrons. The van der Waals surface area contributed by atoms with Crippen LogP contribution in [0.15, 0.2) is 54.6 Å². The molecule has 0 radical (unpaired) electrons. The molecule has 3 heteroatoms. The maximum Gasteiger partial charge on any atom is 0.389 e. The molecule has 0 aliphatic heterocycles. The number of ether oxygens (including phenoxy) is 1. The van der Waals surface area contributed by atoms with Gasteiger partial charge in [-0.25, -0.2) is 4.79 Å². The zero-order chi connectivity index (χ0) is 12.8. The number of carbonyl (C=O) groups excluding carboxylic acids is 1. The van der Waals surface area contributed by atoms with E-state index in [0.717, 1.165) is 0 Å². The highest BCUT2D eigenvalue weighted by Gasteiger charge is 2.14. The van der Waals surface area contributed by atoms with Crippen molar-refractivity contribution in [2.75, 3.05) is 0 Å². The first-order valence-electron chi connectivity index (χ1n) is 5.26. The lowest BCUT2D eigenvalue weighted by Gasteiger charge is -1.97. The van der Waals surface area contributed by atoms with Crippen molar-refractivity contribution in [3.8, 4) is 18.1 Å². The number of terminal acetylenes is 1. The molecular weight excluding hydrogens is 339 g/mol. The minimum absolute atomic E-state index is 0.190. The van der Waals surface area contributed by atoms with Crippen LogP contribution in [0.25, 0.3) is 0 Å². The molecule has 0 unspecified atom stereocenters. The van der Waals surface area contributed by atoms with Crippen molar-refractivity contribution in [1.82, 2.24) is 0 Å². The van der Waals surface area contributed by atoms with E-state index in [2.05, 4.69) is 12.1 Å². The van der Waals surface area contributed by atoms with Crippen molar-refractivity contribution in [2.24, 2.45) is 0 Å². The molecule has 2 aromatic rings. The van der Waals surface area contributed by atoms with Gasteiger partial charge in [0.1, 0.15) is 5.75 Å². The highest BCUT2D eigenvalue weighted by atomic mass is 127. The molecule has 0 saturated carbocycles. The first-order valence-corrected chi connectivity index (χ1v) is 7.42. The Bertz CT molecular complexity index is 568. The van der Waals surface area contributed by atoms with E-state index in [1.807, 2.05) is 36.3 Å². The average Bonchev–Trinajstić information content (AvgIpc) is 2.42. The number of benzene rings is 2. The van der Waals surface area contributed by atoms with Gasteiger partial charge < -0.3 is 4.74 Å². The largest absolute Gasteiger partial charge is 0.417 e. The van der Waals surface area contributed by atoms with Crippen LogP contribution in [-0.2, 0) is 4.79 Å². The molecule has 2 aromatic carbocycles. The normalized spacial score (nSPS) is 9.50. The highest BCUT2D eigenvalue weighted by Crippen LogP contribution is 2.08. The minimum atomic E-state index is -0.666. The van der Waals surface area contributed by atoms with Crippen LogP contribution in [0.3, 0.4) is 0 Å². The lowest BCUT2D eigenvalue weighted by Crippen LogP contribution is -3.61. The molecule has 0 atom stereocenters. The molecule has 0 aliphatic carbocycles. The quantitative estimate of drug-likeness (QED) is 0.242. The van der Waals surface area contributed by atoms with Crippen LogP contribution >= 0.6 is 0 Å². The molecule has 0 aliphatic rings. The van der Waals surface area contributed by atoms with E-state index in [4.69, 9.17) is 11.2 Å². The topological polar surface area (TPSA) is 26.3 Å². The molecule has 0 amide bonds. The first-order chi connectivity index (χ1) is 8.78. The summed E-state index contributed by atoms with van der Waals surface area (Å²) in [5.74, 6) is 1.73. The minimum Gasteiger partial charge on any atom is -0.417 e. The molecule has 0 fully saturated rings. The van der Waals surface area contributed by atoms with Crippen molar-refractivity contribution in [3.63, 3.8) is 0 Å². The Morgan fingerprint density at radius 1 is 1.00 bits per heavy atom. The van der Waals surface area contributed by atoms with E-state index in [9.17, 15) is 4.79 Å². The summed E-state index contributed by atoms with van der Waals surface area (Å²) < 4.78 is 7.52. The zero-order valence-electron chi connectivity index (χ0n) is 9.47. The van der Waals surface area contributed by atoms with Crippen molar-refractivity contribution in [2.45, 2.75) is 0 Å². The Morgan fingerprint density at radius 2 is 1.61 bits per heavy atom. The van der Waals surface area contributed by atoms with Crippen LogP contribution < -0.4 is 25.9 Å². The van der Waals surface area contributed by atoms with Gasteiger partial charge in [-0.2, -0.15) is 0 Å². The smallest absolute Gasteiger partial charge is 0.389 e. The second-order valence-corrected chi connectivity index (χ2v) is 6.41. The second kappa shape index (κ2) is 6.22. The highest BCUT2D eigenvalue weighted by molar-refractivity contribution is 5.89. The average molecular weight is 349 g/mol. The van der Waals surface area contributed by atoms with E-state index >= 15 is 0 Å². The van der Waals surface area contributed by atoms with Crippen LogP contribution in [0, 0.1) is 19.5 Å². The lowest BCUT2D eigenvalue weighted by atomic mass is 10.3. The van der Waals surface area contributed by atoms with Crippen molar-refractivity contribution >= 4 is 5.97 Å². The Labute approximate surface area is 116 Å². The van der Waals surface area contributed by atoms with Gasteiger partial charge >= 0.3 is 27.2 Å². The van der Waals surface area contributed by atoms with Gasteiger partial charge in [0.15, 0.2) is 7.14 Å². The van der Waals surface area contributed by atoms with Crippen LogP contribution in [-0.4, -0.2) is 5.97 Å². The van der Waals surface area contributed by atoms with Crippen molar-refractivity contribution in [1.29, 1.82) is 0 Å². The van der Waals surface area contributed by atoms with Crippen LogP contribution in [0.1, 0.15) is 0 Å². The predicted molar refractivity (Wildman–Crippen MR) is 64.7 cm³/mol. The molecule has 0 saturated heterocycles. The van der Waals surface area contributed by atoms with Crippen LogP contribution in [0.2, 0.25) is 0 Å². The maximum atomic E-state index is 10.9. The van der Waals surface area contributed by atoms with E-state index in [1.54, 1.807) is 12.1 Å². The monoisotopic (exact) mass is 349 g/mol. The van der Waals surface area contributed by atoms with Gasteiger partial charge in [-0.15, -0.1) is 6.42 Å². The number of hydrogen-bond acceptors (Lipinski definition) is 2. The Balaban J connectivity index is 2.04. The molecule has 0 N–H and O–H groups in total. The Kier molecular flexibility index (Phi) is 4.37. The molecule has 0 spiro atoms. The first kappa shape index (κ1) is 12.7. The number of carbonyl (C=O) groups is 1. The number of hydrogen-bond donors (Lipinski definition) is 0. The molecule has 18 heavy (non-hydrogen) atoms. The standard InChI is InChI=1S/C15H10IO2/c1-2-15(17)18-14-10-8-13(9-11-14)16-12-6-4-3-5-7-12/h1,3-11H/q+1. The summed E-state index contributed by atoms with van der Waals surface area (Å²) >= 11 is -0.190. The molecule has 2 rings (SSSR count). The second-order valence-electron chi connectivity index (χ2n) is 3.38. The van der Waals surface area contributed by atoms with Gasteiger partial charge in [0, 0.05) is 5.92 Å². The predicted octanol–water partition coefficient (Wildman–Crippen LogP) is -0.646. The number of esters is 1. The van der Waals surface area contributed by atoms with Gasteiger partial charge in [0.2, 0.25) is 0 Å². The van der Waals surface area contributed by atoms with Crippen molar-refractivity contribution < 1.29 is 30.7 Å². The van der Waals surface area contributed by atoms with Crippen molar-refractivity contribution in [3.05, 3.63) is 61.7 Å². The fraction of sp³-hybridized carbons (Fsp3) is 0. The Hall–Kier alpha value is -1.80. The van der Waals surface area contributed by atoms with Gasteiger partial charge in [-0.05, 0) is 36.4 Å². The van der Waals surface area contributed by atoms with Crippen LogP contribution in [0.4, 0.5) is 0 Å². The summed E-state index contributed by atoms with van der Waals surface area (Å²) in [5, 5.41) is 0. The Morgan fingerprint density at radius 3 is 2.22 bits per heavy atom. The third kappa shape index (κ3) is 3.60. The third-order valence-corrected chi connectivity index (χ3v) is 4.78. The lowest BCUT2D eigenvalue weighted by molar-refractivity contribution is -0.597. The summed E-state index contributed by atoms with van der Waals surface area (Å²) in [6.45, 7) is 0. The zero-order valence-corrected chi connectivity index (χ0v) is 11.6. The third-order valence-electron chi connectivity index (χ3n) is 2.09. The van der Waals surface area contributed by atoms with E-state index in [0.29, 0.717) is 5.75 Å². The molecule has 0 aromatic heterocycles. The van der Waals surface area contributed by atoms with Gasteiger partial charge in [-0.1, -0.05) is 18.2 Å². The molecule has 0 bridgehead atoms. The summed E-state index contributed by atoms with van der Waals surface area (Å²) in [7, 11) is 0. The van der Waals surface area contributed by atoms with E-state index in [-0.39, 0.29) is 21.2 Å². The fourth-order valence-electron chi connectivity index (χ4n) is 1.31. The SMILES string of the molecule is C#CC(=O)Oc1ccc([I+]c2ccccc2)cc1. The summed E-state index contributed by atoms with van der Waals surface area (Å²) in [6.07, 6.45) is 4.93. The van der Waals surface area contributed by atoms with E-state index < -0.39 is 5.97 Å².